The molecule has 1 fully saturated rings. The van der Waals surface area contributed by atoms with Gasteiger partial charge >= 0.3 is 0 Å². The highest BCUT2D eigenvalue weighted by Crippen LogP contribution is 2.15. The molecule has 4 aromatic rings. The maximum Gasteiger partial charge on any atom is 0.270 e. The highest BCUT2D eigenvalue weighted by molar-refractivity contribution is 6.06. The zero-order valence-corrected chi connectivity index (χ0v) is 24.1. The molecule has 0 bridgehead atoms. The lowest BCUT2D eigenvalue weighted by molar-refractivity contribution is -0.135. The summed E-state index contributed by atoms with van der Waals surface area (Å²) in [5, 5.41) is 5.58. The number of amides is 4. The van der Waals surface area contributed by atoms with Crippen molar-refractivity contribution in [3.8, 4) is 0 Å². The molecule has 8 nitrogen and oxygen atoms in total. The van der Waals surface area contributed by atoms with Crippen molar-refractivity contribution in [2.24, 2.45) is 0 Å². The Kier molecular flexibility index (Phi) is 9.74. The van der Waals surface area contributed by atoms with Crippen molar-refractivity contribution < 1.29 is 19.2 Å². The van der Waals surface area contributed by atoms with Crippen LogP contribution in [0.15, 0.2) is 133 Å². The molecule has 4 amide bonds. The van der Waals surface area contributed by atoms with Crippen molar-refractivity contribution >= 4 is 35.8 Å². The number of nitrogens with zero attached hydrogens (tertiary/aromatic N) is 2. The van der Waals surface area contributed by atoms with E-state index in [1.165, 1.54) is 0 Å². The summed E-state index contributed by atoms with van der Waals surface area (Å²) in [5.41, 5.74) is 2.69. The SMILES string of the molecule is O=C(N/C(=C\c1ccccc1)C(=O)N1CCN(C(=O)/C(=C/c2ccccc2)NC(=O)c2ccccc2)CC1)c1ccccc1. The smallest absolute Gasteiger partial charge is 0.270 e. The van der Waals surface area contributed by atoms with E-state index in [1.54, 1.807) is 70.5 Å². The van der Waals surface area contributed by atoms with Gasteiger partial charge in [-0.3, -0.25) is 19.2 Å². The highest BCUT2D eigenvalue weighted by Gasteiger charge is 2.29. The van der Waals surface area contributed by atoms with E-state index in [9.17, 15) is 19.2 Å². The first-order valence-corrected chi connectivity index (χ1v) is 14.3. The van der Waals surface area contributed by atoms with Gasteiger partial charge in [0.25, 0.3) is 23.6 Å². The van der Waals surface area contributed by atoms with E-state index in [0.717, 1.165) is 11.1 Å². The molecular weight excluding hydrogens is 552 g/mol. The number of rotatable bonds is 8. The summed E-state index contributed by atoms with van der Waals surface area (Å²) in [4.78, 5) is 56.6. The third kappa shape index (κ3) is 7.74. The van der Waals surface area contributed by atoms with Gasteiger partial charge < -0.3 is 20.4 Å². The fourth-order valence-electron chi connectivity index (χ4n) is 4.76. The molecule has 4 aromatic carbocycles. The Labute approximate surface area is 256 Å². The molecule has 1 saturated heterocycles. The van der Waals surface area contributed by atoms with Crippen molar-refractivity contribution in [3.63, 3.8) is 0 Å². The topological polar surface area (TPSA) is 98.8 Å². The van der Waals surface area contributed by atoms with Gasteiger partial charge in [0, 0.05) is 37.3 Å². The minimum atomic E-state index is -0.389. The molecule has 0 aliphatic carbocycles. The molecule has 44 heavy (non-hydrogen) atoms. The molecule has 0 aromatic heterocycles. The number of hydrogen-bond donors (Lipinski definition) is 2. The van der Waals surface area contributed by atoms with Crippen LogP contribution < -0.4 is 10.6 Å². The van der Waals surface area contributed by atoms with Crippen LogP contribution in [0.1, 0.15) is 31.8 Å². The summed E-state index contributed by atoms with van der Waals surface area (Å²) >= 11 is 0. The largest absolute Gasteiger partial charge is 0.334 e. The summed E-state index contributed by atoms with van der Waals surface area (Å²) in [5.74, 6) is -1.47. The molecular formula is C36H32N4O4. The molecule has 1 aliphatic rings. The zero-order valence-electron chi connectivity index (χ0n) is 24.1. The van der Waals surface area contributed by atoms with Gasteiger partial charge in [0.15, 0.2) is 0 Å². The van der Waals surface area contributed by atoms with Gasteiger partial charge in [0.05, 0.1) is 0 Å². The van der Waals surface area contributed by atoms with E-state index < -0.39 is 0 Å². The normalized spacial score (nSPS) is 13.6. The monoisotopic (exact) mass is 584 g/mol. The Balaban J connectivity index is 1.31. The van der Waals surface area contributed by atoms with Crippen LogP contribution in [0.5, 0.6) is 0 Å². The first kappa shape index (κ1) is 29.7. The van der Waals surface area contributed by atoms with Crippen LogP contribution in [-0.4, -0.2) is 59.6 Å². The van der Waals surface area contributed by atoms with Crippen LogP contribution in [-0.2, 0) is 9.59 Å². The quantitative estimate of drug-likeness (QED) is 0.296. The van der Waals surface area contributed by atoms with E-state index in [2.05, 4.69) is 10.6 Å². The van der Waals surface area contributed by atoms with E-state index in [-0.39, 0.29) is 61.2 Å². The van der Waals surface area contributed by atoms with Gasteiger partial charge in [-0.2, -0.15) is 0 Å². The second-order valence-electron chi connectivity index (χ2n) is 10.2. The molecule has 1 aliphatic heterocycles. The van der Waals surface area contributed by atoms with E-state index >= 15 is 0 Å². The van der Waals surface area contributed by atoms with Gasteiger partial charge in [-0.25, -0.2) is 0 Å². The molecule has 220 valence electrons. The fourth-order valence-corrected chi connectivity index (χ4v) is 4.76. The summed E-state index contributed by atoms with van der Waals surface area (Å²) in [6.45, 7) is 1.01. The Hall–Kier alpha value is -5.76. The molecule has 8 heteroatoms. The highest BCUT2D eigenvalue weighted by atomic mass is 16.2. The average Bonchev–Trinajstić information content (AvgIpc) is 3.08. The Bertz CT molecular complexity index is 1540. The van der Waals surface area contributed by atoms with Crippen LogP contribution in [0.4, 0.5) is 0 Å². The molecule has 0 spiro atoms. The first-order valence-electron chi connectivity index (χ1n) is 14.3. The van der Waals surface area contributed by atoms with Gasteiger partial charge in [-0.05, 0) is 47.5 Å². The Morgan fingerprint density at radius 2 is 0.750 bits per heavy atom. The van der Waals surface area contributed by atoms with E-state index in [0.29, 0.717) is 11.1 Å². The first-order chi connectivity index (χ1) is 21.5. The molecule has 0 radical (unpaired) electrons. The number of carbonyl (C=O) groups excluding carboxylic acids is 4. The zero-order chi connectivity index (χ0) is 30.7. The van der Waals surface area contributed by atoms with Gasteiger partial charge in [0.1, 0.15) is 11.4 Å². The average molecular weight is 585 g/mol. The molecule has 1 heterocycles. The molecule has 2 N–H and O–H groups in total. The van der Waals surface area contributed by atoms with E-state index in [1.807, 2.05) is 72.8 Å². The molecule has 0 saturated carbocycles. The predicted molar refractivity (Wildman–Crippen MR) is 170 cm³/mol. The fraction of sp³-hybridized carbons (Fsp3) is 0.111. The van der Waals surface area contributed by atoms with Crippen LogP contribution >= 0.6 is 0 Å². The standard InChI is InChI=1S/C36H32N4O4/c41-33(29-17-9-3-10-18-29)37-31(25-27-13-5-1-6-14-27)35(43)39-21-23-40(24-22-39)36(44)32(26-28-15-7-2-8-16-28)38-34(42)30-19-11-4-12-20-30/h1-20,25-26H,21-24H2,(H,37,41)(H,38,42)/b31-25-,32-26-. The Morgan fingerprint density at radius 3 is 1.07 bits per heavy atom. The third-order valence-electron chi connectivity index (χ3n) is 7.10. The Morgan fingerprint density at radius 1 is 0.455 bits per heavy atom. The molecule has 5 rings (SSSR count). The summed E-state index contributed by atoms with van der Waals surface area (Å²) in [6, 6.07) is 36.0. The van der Waals surface area contributed by atoms with Crippen molar-refractivity contribution in [1.82, 2.24) is 20.4 Å². The van der Waals surface area contributed by atoms with Crippen molar-refractivity contribution in [1.29, 1.82) is 0 Å². The predicted octanol–water partition coefficient (Wildman–Crippen LogP) is 4.60. The summed E-state index contributed by atoms with van der Waals surface area (Å²) in [7, 11) is 0. The number of nitrogens with one attached hydrogen (secondary N) is 2. The second kappa shape index (κ2) is 14.4. The van der Waals surface area contributed by atoms with Crippen molar-refractivity contribution in [3.05, 3.63) is 155 Å². The minimum Gasteiger partial charge on any atom is -0.334 e. The lowest BCUT2D eigenvalue weighted by atomic mass is 10.1. The van der Waals surface area contributed by atoms with Crippen LogP contribution in [0, 0.1) is 0 Å². The molecule has 0 atom stereocenters. The van der Waals surface area contributed by atoms with Crippen LogP contribution in [0.3, 0.4) is 0 Å². The summed E-state index contributed by atoms with van der Waals surface area (Å²) < 4.78 is 0. The lowest BCUT2D eigenvalue weighted by Gasteiger charge is -2.35. The number of benzene rings is 4. The number of piperazine rings is 1. The van der Waals surface area contributed by atoms with E-state index in [4.69, 9.17) is 0 Å². The minimum absolute atomic E-state index is 0.143. The number of carbonyl (C=O) groups is 4. The molecule has 0 unspecified atom stereocenters. The number of hydrogen-bond acceptors (Lipinski definition) is 4. The van der Waals surface area contributed by atoms with Crippen molar-refractivity contribution in [2.75, 3.05) is 26.2 Å². The second-order valence-corrected chi connectivity index (χ2v) is 10.2. The van der Waals surface area contributed by atoms with Gasteiger partial charge in [-0.1, -0.05) is 97.1 Å². The third-order valence-corrected chi connectivity index (χ3v) is 7.10. The maximum atomic E-state index is 13.7. The lowest BCUT2D eigenvalue weighted by Crippen LogP contribution is -2.53. The maximum absolute atomic E-state index is 13.7. The van der Waals surface area contributed by atoms with Crippen LogP contribution in [0.2, 0.25) is 0 Å². The van der Waals surface area contributed by atoms with Gasteiger partial charge in [-0.15, -0.1) is 0 Å². The van der Waals surface area contributed by atoms with Crippen LogP contribution in [0.25, 0.3) is 12.2 Å². The van der Waals surface area contributed by atoms with Gasteiger partial charge in [0.2, 0.25) is 0 Å². The summed E-state index contributed by atoms with van der Waals surface area (Å²) in [6.07, 6.45) is 3.31. The van der Waals surface area contributed by atoms with Crippen molar-refractivity contribution in [2.45, 2.75) is 0 Å².